The van der Waals surface area contributed by atoms with Gasteiger partial charge in [0.2, 0.25) is 0 Å². The molecule has 2 nitrogen and oxygen atoms in total. The zero-order valence-electron chi connectivity index (χ0n) is 6.96. The molecule has 2 heteroatoms. The summed E-state index contributed by atoms with van der Waals surface area (Å²) in [7, 11) is 0. The highest BCUT2D eigenvalue weighted by Gasteiger charge is 2.19. The van der Waals surface area contributed by atoms with E-state index >= 15 is 0 Å². The molecule has 0 aromatic carbocycles. The van der Waals surface area contributed by atoms with Gasteiger partial charge in [-0.1, -0.05) is 12.7 Å². The highest BCUT2D eigenvalue weighted by molar-refractivity contribution is 5.46. The van der Waals surface area contributed by atoms with Gasteiger partial charge in [-0.05, 0) is 30.7 Å². The Morgan fingerprint density at radius 2 is 2.50 bits per heavy atom. The topological polar surface area (TPSA) is 24.9 Å². The van der Waals surface area contributed by atoms with Crippen molar-refractivity contribution < 1.29 is 0 Å². The minimum Gasteiger partial charge on any atom is -0.309 e. The van der Waals surface area contributed by atoms with E-state index in [1.165, 1.54) is 6.42 Å². The van der Waals surface area contributed by atoms with Gasteiger partial charge in [0.25, 0.3) is 0 Å². The van der Waals surface area contributed by atoms with Gasteiger partial charge in [0.05, 0.1) is 11.7 Å². The Kier molecular flexibility index (Phi) is 1.92. The van der Waals surface area contributed by atoms with Crippen LogP contribution in [0.5, 0.6) is 0 Å². The Balaban J connectivity index is 2.25. The van der Waals surface area contributed by atoms with Crippen LogP contribution in [0.1, 0.15) is 23.7 Å². The minimum absolute atomic E-state index is 0.477. The van der Waals surface area contributed by atoms with E-state index in [0.29, 0.717) is 6.04 Å². The van der Waals surface area contributed by atoms with Crippen molar-refractivity contribution in [2.45, 2.75) is 12.5 Å². The average molecular weight is 160 g/mol. The summed E-state index contributed by atoms with van der Waals surface area (Å²) in [4.78, 5) is 4.30. The number of hydrogen-bond acceptors (Lipinski definition) is 2. The smallest absolute Gasteiger partial charge is 0.0579 e. The second-order valence-corrected chi connectivity index (χ2v) is 3.01. The fourth-order valence-electron chi connectivity index (χ4n) is 1.32. The van der Waals surface area contributed by atoms with Crippen molar-refractivity contribution in [2.75, 3.05) is 6.54 Å². The maximum absolute atomic E-state index is 4.30. The molecule has 1 aromatic heterocycles. The Hall–Kier alpha value is -1.15. The van der Waals surface area contributed by atoms with Crippen molar-refractivity contribution in [3.8, 4) is 0 Å². The first-order valence-electron chi connectivity index (χ1n) is 4.22. The third-order valence-corrected chi connectivity index (χ3v) is 2.22. The monoisotopic (exact) mass is 160 g/mol. The Morgan fingerprint density at radius 3 is 3.08 bits per heavy atom. The van der Waals surface area contributed by atoms with Crippen molar-refractivity contribution in [3.05, 3.63) is 36.2 Å². The average Bonchev–Trinajstić information content (AvgIpc) is 2.02. The molecule has 1 N–H and O–H groups in total. The number of nitrogens with zero attached hydrogens (tertiary/aromatic N) is 1. The molecule has 0 saturated carbocycles. The quantitative estimate of drug-likeness (QED) is 0.713. The Morgan fingerprint density at radius 1 is 1.67 bits per heavy atom. The highest BCUT2D eigenvalue weighted by Crippen LogP contribution is 2.21. The number of hydrogen-bond donors (Lipinski definition) is 1. The van der Waals surface area contributed by atoms with Crippen molar-refractivity contribution in [1.29, 1.82) is 0 Å². The molecule has 0 unspecified atom stereocenters. The summed E-state index contributed by atoms with van der Waals surface area (Å²) in [6.07, 6.45) is 4.89. The summed E-state index contributed by atoms with van der Waals surface area (Å²) >= 11 is 0. The molecule has 12 heavy (non-hydrogen) atoms. The van der Waals surface area contributed by atoms with Crippen LogP contribution in [0.25, 0.3) is 6.08 Å². The van der Waals surface area contributed by atoms with Crippen molar-refractivity contribution in [1.82, 2.24) is 10.3 Å². The second kappa shape index (κ2) is 3.07. The standard InChI is InChI=1S/C10H12N2/c1-2-8-3-5-12-10(7-8)9-4-6-11-9/h2-3,5,7,9,11H,1,4,6H2/t9-/m0/s1. The zero-order chi connectivity index (χ0) is 8.39. The third-order valence-electron chi connectivity index (χ3n) is 2.22. The van der Waals surface area contributed by atoms with Gasteiger partial charge in [-0.2, -0.15) is 0 Å². The summed E-state index contributed by atoms with van der Waals surface area (Å²) in [5.41, 5.74) is 2.28. The van der Waals surface area contributed by atoms with Crippen LogP contribution in [-0.2, 0) is 0 Å². The van der Waals surface area contributed by atoms with Crippen molar-refractivity contribution in [3.63, 3.8) is 0 Å². The van der Waals surface area contributed by atoms with E-state index in [1.54, 1.807) is 0 Å². The predicted octanol–water partition coefficient (Wildman–Crippen LogP) is 1.76. The zero-order valence-corrected chi connectivity index (χ0v) is 6.96. The molecular weight excluding hydrogens is 148 g/mol. The van der Waals surface area contributed by atoms with Crippen LogP contribution < -0.4 is 5.32 Å². The van der Waals surface area contributed by atoms with Crippen LogP contribution >= 0.6 is 0 Å². The Labute approximate surface area is 72.3 Å². The van der Waals surface area contributed by atoms with Crippen molar-refractivity contribution >= 4 is 6.08 Å². The lowest BCUT2D eigenvalue weighted by Crippen LogP contribution is -2.35. The lowest BCUT2D eigenvalue weighted by molar-refractivity contribution is 0.375. The fourth-order valence-corrected chi connectivity index (χ4v) is 1.32. The normalized spacial score (nSPS) is 21.5. The predicted molar refractivity (Wildman–Crippen MR) is 49.7 cm³/mol. The first kappa shape index (κ1) is 7.50. The largest absolute Gasteiger partial charge is 0.309 e. The lowest BCUT2D eigenvalue weighted by Gasteiger charge is -2.26. The second-order valence-electron chi connectivity index (χ2n) is 3.01. The molecule has 1 aromatic rings. The van der Waals surface area contributed by atoms with E-state index in [1.807, 2.05) is 18.3 Å². The van der Waals surface area contributed by atoms with Gasteiger partial charge in [0.15, 0.2) is 0 Å². The van der Waals surface area contributed by atoms with Gasteiger partial charge >= 0.3 is 0 Å². The summed E-state index contributed by atoms with van der Waals surface area (Å²) < 4.78 is 0. The van der Waals surface area contributed by atoms with Crippen LogP contribution in [0.2, 0.25) is 0 Å². The number of aromatic nitrogens is 1. The Bertz CT molecular complexity index is 290. The van der Waals surface area contributed by atoms with Gasteiger partial charge < -0.3 is 5.32 Å². The van der Waals surface area contributed by atoms with Crippen molar-refractivity contribution in [2.24, 2.45) is 0 Å². The first-order valence-corrected chi connectivity index (χ1v) is 4.22. The molecule has 2 heterocycles. The van der Waals surface area contributed by atoms with E-state index in [-0.39, 0.29) is 0 Å². The summed E-state index contributed by atoms with van der Waals surface area (Å²) in [5.74, 6) is 0. The van der Waals surface area contributed by atoms with Gasteiger partial charge in [0.1, 0.15) is 0 Å². The molecule has 1 fully saturated rings. The van der Waals surface area contributed by atoms with Gasteiger partial charge in [0, 0.05) is 6.20 Å². The lowest BCUT2D eigenvalue weighted by atomic mass is 10.0. The van der Waals surface area contributed by atoms with Gasteiger partial charge in [-0.25, -0.2) is 0 Å². The fraction of sp³-hybridized carbons (Fsp3) is 0.300. The molecule has 1 saturated heterocycles. The van der Waals surface area contributed by atoms with Crippen LogP contribution in [0.15, 0.2) is 24.9 Å². The molecule has 1 aliphatic rings. The maximum atomic E-state index is 4.30. The molecular formula is C10H12N2. The van der Waals surface area contributed by atoms with E-state index < -0.39 is 0 Å². The van der Waals surface area contributed by atoms with E-state index in [2.05, 4.69) is 22.9 Å². The molecule has 62 valence electrons. The van der Waals surface area contributed by atoms with E-state index in [4.69, 9.17) is 0 Å². The summed E-state index contributed by atoms with van der Waals surface area (Å²) in [6.45, 7) is 4.84. The van der Waals surface area contributed by atoms with Crippen LogP contribution in [0, 0.1) is 0 Å². The van der Waals surface area contributed by atoms with Crippen LogP contribution in [0.4, 0.5) is 0 Å². The molecule has 1 aliphatic heterocycles. The van der Waals surface area contributed by atoms with Gasteiger partial charge in [-0.15, -0.1) is 0 Å². The maximum Gasteiger partial charge on any atom is 0.0579 e. The summed E-state index contributed by atoms with van der Waals surface area (Å²) in [6, 6.07) is 4.53. The molecule has 2 rings (SSSR count). The molecule has 0 radical (unpaired) electrons. The third kappa shape index (κ3) is 1.25. The van der Waals surface area contributed by atoms with Crippen LogP contribution in [-0.4, -0.2) is 11.5 Å². The molecule has 0 bridgehead atoms. The number of pyridine rings is 1. The molecule has 1 atom stereocenters. The molecule has 0 aliphatic carbocycles. The molecule has 0 amide bonds. The number of rotatable bonds is 2. The minimum atomic E-state index is 0.477. The van der Waals surface area contributed by atoms with E-state index in [0.717, 1.165) is 17.8 Å². The number of nitrogens with one attached hydrogen (secondary N) is 1. The summed E-state index contributed by atoms with van der Waals surface area (Å²) in [5, 5.41) is 3.32. The molecule has 0 spiro atoms. The van der Waals surface area contributed by atoms with Crippen LogP contribution in [0.3, 0.4) is 0 Å². The SMILES string of the molecule is C=Cc1ccnc([C@@H]2CCN2)c1. The van der Waals surface area contributed by atoms with E-state index in [9.17, 15) is 0 Å². The van der Waals surface area contributed by atoms with Gasteiger partial charge in [-0.3, -0.25) is 4.98 Å². The highest BCUT2D eigenvalue weighted by atomic mass is 15.0. The first-order chi connectivity index (χ1) is 5.90.